The zero-order chi connectivity index (χ0) is 21.9. The van der Waals surface area contributed by atoms with Gasteiger partial charge in [-0.3, -0.25) is 9.59 Å². The molecule has 0 aliphatic rings. The number of likely N-dealkylation sites (N-methyl/N-ethyl adjacent to an activating group) is 1. The summed E-state index contributed by atoms with van der Waals surface area (Å²) >= 11 is 0. The summed E-state index contributed by atoms with van der Waals surface area (Å²) in [6.45, 7) is 3.60. The number of rotatable bonds is 9. The van der Waals surface area contributed by atoms with Gasteiger partial charge in [-0.05, 0) is 43.2 Å². The zero-order valence-electron chi connectivity index (χ0n) is 17.1. The van der Waals surface area contributed by atoms with Crippen molar-refractivity contribution in [1.82, 2.24) is 10.2 Å². The third-order valence-corrected chi connectivity index (χ3v) is 4.30. The van der Waals surface area contributed by atoms with Crippen molar-refractivity contribution in [2.75, 3.05) is 19.7 Å². The topological polar surface area (TPSA) is 75.7 Å². The fraction of sp³-hybridized carbons (Fsp3) is 0.261. The second kappa shape index (κ2) is 11.5. The van der Waals surface area contributed by atoms with E-state index in [4.69, 9.17) is 4.74 Å². The Hall–Kier alpha value is -3.48. The Labute approximate surface area is 175 Å². The minimum Gasteiger partial charge on any atom is -0.452 e. The van der Waals surface area contributed by atoms with Gasteiger partial charge in [-0.15, -0.1) is 0 Å². The first kappa shape index (κ1) is 22.8. The van der Waals surface area contributed by atoms with Crippen LogP contribution >= 0.6 is 0 Å². The summed E-state index contributed by atoms with van der Waals surface area (Å²) in [5, 5.41) is 2.67. The van der Waals surface area contributed by atoms with E-state index in [0.717, 1.165) is 16.7 Å². The van der Waals surface area contributed by atoms with Crippen molar-refractivity contribution in [3.8, 4) is 0 Å². The number of halogens is 1. The van der Waals surface area contributed by atoms with Crippen molar-refractivity contribution in [2.45, 2.75) is 20.4 Å². The highest BCUT2D eigenvalue weighted by Gasteiger charge is 2.16. The highest BCUT2D eigenvalue weighted by atomic mass is 19.1. The third-order valence-electron chi connectivity index (χ3n) is 4.30. The van der Waals surface area contributed by atoms with E-state index in [0.29, 0.717) is 6.54 Å². The summed E-state index contributed by atoms with van der Waals surface area (Å²) < 4.78 is 17.9. The molecule has 0 aliphatic heterocycles. The van der Waals surface area contributed by atoms with Gasteiger partial charge in [0.15, 0.2) is 6.61 Å². The van der Waals surface area contributed by atoms with E-state index in [-0.39, 0.29) is 24.8 Å². The molecule has 0 spiro atoms. The average molecular weight is 412 g/mol. The van der Waals surface area contributed by atoms with Crippen molar-refractivity contribution in [2.24, 2.45) is 0 Å². The van der Waals surface area contributed by atoms with E-state index in [1.54, 1.807) is 25.1 Å². The van der Waals surface area contributed by atoms with Crippen LogP contribution < -0.4 is 5.32 Å². The molecule has 0 saturated carbocycles. The van der Waals surface area contributed by atoms with Gasteiger partial charge in [0.2, 0.25) is 5.91 Å². The molecule has 2 aromatic rings. The first-order valence-electron chi connectivity index (χ1n) is 9.57. The molecule has 2 aromatic carbocycles. The number of hydrogen-bond donors (Lipinski definition) is 1. The van der Waals surface area contributed by atoms with E-state index in [9.17, 15) is 18.8 Å². The Bertz CT molecular complexity index is 892. The predicted octanol–water partition coefficient (Wildman–Crippen LogP) is 2.86. The SMILES string of the molecule is CCN(CC(=O)NCc1ccc(F)cc1)C(=O)COC(=O)C=Cc1ccc(C)cc1. The van der Waals surface area contributed by atoms with Crippen molar-refractivity contribution < 1.29 is 23.5 Å². The molecule has 1 N–H and O–H groups in total. The summed E-state index contributed by atoms with van der Waals surface area (Å²) in [5.41, 5.74) is 2.70. The summed E-state index contributed by atoms with van der Waals surface area (Å²) in [7, 11) is 0. The van der Waals surface area contributed by atoms with Gasteiger partial charge >= 0.3 is 5.97 Å². The van der Waals surface area contributed by atoms with Gasteiger partial charge in [-0.1, -0.05) is 42.0 Å². The van der Waals surface area contributed by atoms with Crippen LogP contribution in [0.15, 0.2) is 54.6 Å². The smallest absolute Gasteiger partial charge is 0.331 e. The molecular formula is C23H25FN2O4. The molecule has 7 heteroatoms. The van der Waals surface area contributed by atoms with E-state index < -0.39 is 18.5 Å². The molecule has 0 atom stereocenters. The zero-order valence-corrected chi connectivity index (χ0v) is 17.1. The number of carbonyl (C=O) groups is 3. The third kappa shape index (κ3) is 7.87. The molecule has 0 aromatic heterocycles. The van der Waals surface area contributed by atoms with Gasteiger partial charge < -0.3 is 15.0 Å². The lowest BCUT2D eigenvalue weighted by atomic mass is 10.1. The number of carbonyl (C=O) groups excluding carboxylic acids is 3. The summed E-state index contributed by atoms with van der Waals surface area (Å²) in [6.07, 6.45) is 2.86. The van der Waals surface area contributed by atoms with Crippen molar-refractivity contribution in [1.29, 1.82) is 0 Å². The van der Waals surface area contributed by atoms with Gasteiger partial charge in [0, 0.05) is 19.2 Å². The quantitative estimate of drug-likeness (QED) is 0.508. The van der Waals surface area contributed by atoms with E-state index in [1.165, 1.54) is 23.1 Å². The van der Waals surface area contributed by atoms with Crippen LogP contribution in [-0.4, -0.2) is 42.4 Å². The maximum atomic E-state index is 12.9. The van der Waals surface area contributed by atoms with Gasteiger partial charge in [0.05, 0.1) is 6.54 Å². The molecular weight excluding hydrogens is 387 g/mol. The Kier molecular flexibility index (Phi) is 8.75. The molecule has 2 amide bonds. The molecule has 0 aliphatic carbocycles. The molecule has 30 heavy (non-hydrogen) atoms. The fourth-order valence-corrected chi connectivity index (χ4v) is 2.52. The predicted molar refractivity (Wildman–Crippen MR) is 112 cm³/mol. The number of nitrogens with zero attached hydrogens (tertiary/aromatic N) is 1. The molecule has 0 heterocycles. The number of hydrogen-bond acceptors (Lipinski definition) is 4. The van der Waals surface area contributed by atoms with Crippen LogP contribution in [-0.2, 0) is 25.7 Å². The second-order valence-corrected chi connectivity index (χ2v) is 6.66. The van der Waals surface area contributed by atoms with Crippen molar-refractivity contribution in [3.05, 3.63) is 77.1 Å². The summed E-state index contributed by atoms with van der Waals surface area (Å²) in [5.74, 6) is -1.82. The van der Waals surface area contributed by atoms with E-state index in [1.807, 2.05) is 31.2 Å². The largest absolute Gasteiger partial charge is 0.452 e. The van der Waals surface area contributed by atoms with Crippen LogP contribution in [0, 0.1) is 12.7 Å². The molecule has 158 valence electrons. The maximum Gasteiger partial charge on any atom is 0.331 e. The van der Waals surface area contributed by atoms with Crippen molar-refractivity contribution >= 4 is 23.9 Å². The Morgan fingerprint density at radius 2 is 1.73 bits per heavy atom. The number of amides is 2. The van der Waals surface area contributed by atoms with Crippen LogP contribution in [0.5, 0.6) is 0 Å². The average Bonchev–Trinajstić information content (AvgIpc) is 2.75. The lowest BCUT2D eigenvalue weighted by molar-refractivity contribution is -0.148. The maximum absolute atomic E-state index is 12.9. The lowest BCUT2D eigenvalue weighted by Gasteiger charge is -2.20. The van der Waals surface area contributed by atoms with Gasteiger partial charge in [0.25, 0.3) is 5.91 Å². The molecule has 0 bridgehead atoms. The minimum absolute atomic E-state index is 0.159. The molecule has 0 saturated heterocycles. The lowest BCUT2D eigenvalue weighted by Crippen LogP contribution is -2.42. The number of ether oxygens (including phenoxy) is 1. The highest BCUT2D eigenvalue weighted by molar-refractivity contribution is 5.90. The summed E-state index contributed by atoms with van der Waals surface area (Å²) in [4.78, 5) is 37.4. The minimum atomic E-state index is -0.638. The number of benzene rings is 2. The normalized spacial score (nSPS) is 10.6. The van der Waals surface area contributed by atoms with Crippen LogP contribution in [0.3, 0.4) is 0 Å². The standard InChI is InChI=1S/C23H25FN2O4/c1-3-26(15-21(27)25-14-19-8-11-20(24)12-9-19)22(28)16-30-23(29)13-10-18-6-4-17(2)5-7-18/h4-13H,3,14-16H2,1-2H3,(H,25,27). The van der Waals surface area contributed by atoms with Crippen LogP contribution in [0.1, 0.15) is 23.6 Å². The first-order chi connectivity index (χ1) is 14.4. The van der Waals surface area contributed by atoms with Crippen molar-refractivity contribution in [3.63, 3.8) is 0 Å². The van der Waals surface area contributed by atoms with Gasteiger partial charge in [0.1, 0.15) is 5.82 Å². The molecule has 2 rings (SSSR count). The number of aryl methyl sites for hydroxylation is 1. The van der Waals surface area contributed by atoms with Crippen LogP contribution in [0.25, 0.3) is 6.08 Å². The van der Waals surface area contributed by atoms with E-state index >= 15 is 0 Å². The van der Waals surface area contributed by atoms with Crippen LogP contribution in [0.2, 0.25) is 0 Å². The first-order valence-corrected chi connectivity index (χ1v) is 9.57. The fourth-order valence-electron chi connectivity index (χ4n) is 2.52. The monoisotopic (exact) mass is 412 g/mol. The Morgan fingerprint density at radius 3 is 2.37 bits per heavy atom. The second-order valence-electron chi connectivity index (χ2n) is 6.66. The van der Waals surface area contributed by atoms with Crippen LogP contribution in [0.4, 0.5) is 4.39 Å². The van der Waals surface area contributed by atoms with E-state index in [2.05, 4.69) is 5.32 Å². The summed E-state index contributed by atoms with van der Waals surface area (Å²) in [6, 6.07) is 13.4. The highest BCUT2D eigenvalue weighted by Crippen LogP contribution is 2.05. The Balaban J connectivity index is 1.76. The van der Waals surface area contributed by atoms with Gasteiger partial charge in [-0.25, -0.2) is 9.18 Å². The molecule has 6 nitrogen and oxygen atoms in total. The number of nitrogens with one attached hydrogen (secondary N) is 1. The van der Waals surface area contributed by atoms with Gasteiger partial charge in [-0.2, -0.15) is 0 Å². The molecule has 0 radical (unpaired) electrons. The Morgan fingerprint density at radius 1 is 1.07 bits per heavy atom. The number of esters is 1. The molecule has 0 fully saturated rings. The molecule has 0 unspecified atom stereocenters.